The van der Waals surface area contributed by atoms with E-state index in [0.717, 1.165) is 27.4 Å². The van der Waals surface area contributed by atoms with E-state index in [1.807, 2.05) is 78.9 Å². The maximum absolute atomic E-state index is 14.9. The van der Waals surface area contributed by atoms with Crippen LogP contribution in [0.5, 0.6) is 0 Å². The molecule has 6 amide bonds. The van der Waals surface area contributed by atoms with Crippen LogP contribution in [0.2, 0.25) is 0 Å². The lowest BCUT2D eigenvalue weighted by atomic mass is 10.00. The van der Waals surface area contributed by atoms with Gasteiger partial charge in [0.25, 0.3) is 0 Å². The molecule has 19 heteroatoms. The third-order valence-electron chi connectivity index (χ3n) is 12.5. The fourth-order valence-electron chi connectivity index (χ4n) is 8.60. The number of carboxylic acid groups (broad SMARTS) is 1. The fraction of sp³-hybridized carbons (Fsp3) is 0.352. The Kier molecular flexibility index (Phi) is 20.2. The summed E-state index contributed by atoms with van der Waals surface area (Å²) in [5, 5.41) is 38.6. The van der Waals surface area contributed by atoms with Gasteiger partial charge in [0.2, 0.25) is 35.4 Å². The second-order valence-electron chi connectivity index (χ2n) is 18.1. The van der Waals surface area contributed by atoms with E-state index in [1.54, 1.807) is 42.7 Å². The topological polar surface area (TPSA) is 316 Å². The Morgan fingerprint density at radius 2 is 0.918 bits per heavy atom. The molecule has 7 atom stereocenters. The second kappa shape index (κ2) is 27.1. The number of rotatable bonds is 28. The van der Waals surface area contributed by atoms with Gasteiger partial charge in [0.05, 0.1) is 6.10 Å². The molecule has 0 unspecified atom stereocenters. The van der Waals surface area contributed by atoms with Gasteiger partial charge in [0.15, 0.2) is 0 Å². The van der Waals surface area contributed by atoms with Gasteiger partial charge in [0, 0.05) is 66.3 Å². The molecule has 0 bridgehead atoms. The number of nitrogens with two attached hydrogens (primary N) is 2. The highest BCUT2D eigenvalue weighted by Gasteiger charge is 2.35. The molecule has 0 spiro atoms. The number of benzene rings is 4. The lowest BCUT2D eigenvalue weighted by Crippen LogP contribution is -2.61. The number of para-hydroxylation sites is 2. The van der Waals surface area contributed by atoms with Crippen molar-refractivity contribution in [2.24, 2.45) is 11.5 Å². The maximum atomic E-state index is 14.9. The van der Waals surface area contributed by atoms with Crippen LogP contribution in [0.1, 0.15) is 61.3 Å². The molecule has 386 valence electrons. The number of fused-ring (bicyclic) bond motifs is 2. The fourth-order valence-corrected chi connectivity index (χ4v) is 8.60. The van der Waals surface area contributed by atoms with Crippen LogP contribution in [0, 0.1) is 0 Å². The van der Waals surface area contributed by atoms with Gasteiger partial charge in [0.1, 0.15) is 36.3 Å². The van der Waals surface area contributed by atoms with E-state index in [1.165, 1.54) is 6.92 Å². The Morgan fingerprint density at radius 3 is 1.40 bits per heavy atom. The molecule has 0 saturated carbocycles. The van der Waals surface area contributed by atoms with E-state index < -0.39 is 83.8 Å². The number of amides is 6. The number of aromatic amines is 2. The first-order chi connectivity index (χ1) is 35.2. The number of aliphatic carboxylic acids is 1. The normalized spacial score (nSPS) is 14.1. The molecule has 0 fully saturated rings. The first-order valence-corrected chi connectivity index (χ1v) is 24.5. The van der Waals surface area contributed by atoms with Crippen LogP contribution in [-0.4, -0.2) is 117 Å². The minimum atomic E-state index is -1.63. The molecular formula is C54H66N10O9. The Hall–Kier alpha value is -7.87. The van der Waals surface area contributed by atoms with Crippen molar-refractivity contribution < 1.29 is 43.8 Å². The number of aromatic nitrogens is 2. The highest BCUT2D eigenvalue weighted by Crippen LogP contribution is 2.22. The molecule has 6 aromatic rings. The Labute approximate surface area is 423 Å². The van der Waals surface area contributed by atoms with Crippen molar-refractivity contribution in [3.8, 4) is 0 Å². The summed E-state index contributed by atoms with van der Waals surface area (Å²) in [4.78, 5) is 104. The first-order valence-electron chi connectivity index (χ1n) is 24.5. The summed E-state index contributed by atoms with van der Waals surface area (Å²) < 4.78 is 0. The van der Waals surface area contributed by atoms with Gasteiger partial charge >= 0.3 is 5.97 Å². The number of unbranched alkanes of at least 4 members (excludes halogenated alkanes) is 1. The van der Waals surface area contributed by atoms with E-state index in [9.17, 15) is 43.8 Å². The number of hydrogen-bond donors (Lipinski definition) is 12. The molecule has 0 aliphatic rings. The van der Waals surface area contributed by atoms with Crippen molar-refractivity contribution in [2.75, 3.05) is 13.1 Å². The molecule has 73 heavy (non-hydrogen) atoms. The number of nitrogens with one attached hydrogen (secondary N) is 8. The number of carboxylic acids is 1. The van der Waals surface area contributed by atoms with Crippen LogP contribution in [0.4, 0.5) is 0 Å². The summed E-state index contributed by atoms with van der Waals surface area (Å²) in [6, 6.07) is 24.4. The van der Waals surface area contributed by atoms with Gasteiger partial charge in [-0.25, -0.2) is 4.79 Å². The number of carbonyl (C=O) groups excluding carboxylic acids is 6. The van der Waals surface area contributed by atoms with Crippen LogP contribution in [0.15, 0.2) is 122 Å². The molecule has 19 nitrogen and oxygen atoms in total. The molecule has 2 heterocycles. The number of H-pyrrole nitrogens is 2. The highest BCUT2D eigenvalue weighted by atomic mass is 16.4. The van der Waals surface area contributed by atoms with Crippen LogP contribution >= 0.6 is 0 Å². The lowest BCUT2D eigenvalue weighted by molar-refractivity contribution is -0.143. The van der Waals surface area contributed by atoms with E-state index in [-0.39, 0.29) is 51.6 Å². The zero-order valence-electron chi connectivity index (χ0n) is 40.8. The van der Waals surface area contributed by atoms with Gasteiger partial charge in [-0.1, -0.05) is 97.1 Å². The third kappa shape index (κ3) is 15.8. The minimum Gasteiger partial charge on any atom is -0.480 e. The highest BCUT2D eigenvalue weighted by molar-refractivity contribution is 5.98. The van der Waals surface area contributed by atoms with Gasteiger partial charge < -0.3 is 63.5 Å². The van der Waals surface area contributed by atoms with E-state index in [2.05, 4.69) is 41.9 Å². The van der Waals surface area contributed by atoms with Gasteiger partial charge in [-0.15, -0.1) is 0 Å². The Bertz CT molecular complexity index is 2800. The predicted octanol–water partition coefficient (Wildman–Crippen LogP) is 2.16. The average Bonchev–Trinajstić information content (AvgIpc) is 4.00. The Balaban J connectivity index is 1.29. The molecule has 2 aromatic heterocycles. The first kappa shape index (κ1) is 54.5. The second-order valence-corrected chi connectivity index (χ2v) is 18.1. The van der Waals surface area contributed by atoms with Crippen LogP contribution in [0.3, 0.4) is 0 Å². The standard InChI is InChI=1S/C54H66N10O9/c1-33(65)48(53(71)63-46(54(72)73)28-35-17-6-3-7-18-35)64-49(67)42(23-12-13-25-55)60-51(69)44(29-36-31-57-40-21-10-8-19-38(36)40)62-52(70)45(30-37-32-58-41-22-11-9-20-39(37)41)61-50(68)43(59-47(66)24-14-26-56)27-34-15-4-2-5-16-34/h2-11,15-22,31-33,42-46,48,57-58,65H,12-14,23-30,55-56H2,1H3,(H,59,66)(H,60,69)(H,61,68)(H,62,70)(H,63,71)(H,64,67)(H,72,73)/t33-,42+,43+,44-,45+,46+,48+/m1/s1. The van der Waals surface area contributed by atoms with Crippen molar-refractivity contribution in [3.05, 3.63) is 144 Å². The monoisotopic (exact) mass is 999 g/mol. The summed E-state index contributed by atoms with van der Waals surface area (Å²) in [6.45, 7) is 1.80. The zero-order valence-corrected chi connectivity index (χ0v) is 40.8. The molecule has 4 aromatic carbocycles. The molecule has 0 saturated heterocycles. The van der Waals surface area contributed by atoms with Crippen molar-refractivity contribution in [3.63, 3.8) is 0 Å². The lowest BCUT2D eigenvalue weighted by Gasteiger charge is -2.28. The molecule has 0 aliphatic carbocycles. The molecule has 6 rings (SSSR count). The van der Waals surface area contributed by atoms with Gasteiger partial charge in [-0.2, -0.15) is 0 Å². The number of aliphatic hydroxyl groups excluding tert-OH is 1. The molecule has 14 N–H and O–H groups in total. The van der Waals surface area contributed by atoms with Crippen LogP contribution in [0.25, 0.3) is 21.8 Å². The summed E-state index contributed by atoms with van der Waals surface area (Å²) in [7, 11) is 0. The largest absolute Gasteiger partial charge is 0.480 e. The van der Waals surface area contributed by atoms with Crippen LogP contribution in [-0.2, 0) is 59.2 Å². The van der Waals surface area contributed by atoms with E-state index >= 15 is 0 Å². The average molecular weight is 999 g/mol. The van der Waals surface area contributed by atoms with Gasteiger partial charge in [-0.05, 0) is 80.1 Å². The molecular weight excluding hydrogens is 933 g/mol. The van der Waals surface area contributed by atoms with E-state index in [4.69, 9.17) is 11.5 Å². The van der Waals surface area contributed by atoms with Crippen LogP contribution < -0.4 is 43.4 Å². The minimum absolute atomic E-state index is 0.0292. The number of aliphatic hydroxyl groups is 1. The number of carbonyl (C=O) groups is 7. The predicted molar refractivity (Wildman–Crippen MR) is 276 cm³/mol. The molecule has 0 radical (unpaired) electrons. The van der Waals surface area contributed by atoms with Gasteiger partial charge in [-0.3, -0.25) is 28.8 Å². The number of hydrogen-bond acceptors (Lipinski definition) is 10. The summed E-state index contributed by atoms with van der Waals surface area (Å²) >= 11 is 0. The van der Waals surface area contributed by atoms with E-state index in [0.29, 0.717) is 36.0 Å². The van der Waals surface area contributed by atoms with Crippen molar-refractivity contribution >= 4 is 63.2 Å². The molecule has 0 aliphatic heterocycles. The summed E-state index contributed by atoms with van der Waals surface area (Å²) in [5.74, 6) is -5.73. The van der Waals surface area contributed by atoms with Crippen molar-refractivity contribution in [1.82, 2.24) is 41.9 Å². The van der Waals surface area contributed by atoms with Crippen molar-refractivity contribution in [2.45, 2.75) is 107 Å². The maximum Gasteiger partial charge on any atom is 0.326 e. The summed E-state index contributed by atoms with van der Waals surface area (Å²) in [6.07, 6.45) is 3.17. The third-order valence-corrected chi connectivity index (χ3v) is 12.5. The quantitative estimate of drug-likeness (QED) is 0.0316. The van der Waals surface area contributed by atoms with Crippen molar-refractivity contribution in [1.29, 1.82) is 0 Å². The summed E-state index contributed by atoms with van der Waals surface area (Å²) in [5.41, 5.74) is 15.8. The zero-order chi connectivity index (χ0) is 52.3. The SMILES string of the molecule is C[C@@H](O)[C@H](NC(=O)[C@H](CCCCN)NC(=O)[C@@H](Cc1c[nH]c2ccccc12)NC(=O)[C@H](Cc1c[nH]c2ccccc12)NC(=O)[C@H](Cc1ccccc1)NC(=O)CCCN)C(=O)N[C@@H](Cc1ccccc1)C(=O)O. The smallest absolute Gasteiger partial charge is 0.326 e. The Morgan fingerprint density at radius 1 is 0.493 bits per heavy atom.